The number of nitrogens with zero attached hydrogens (tertiary/aromatic N) is 2. The number of pyridine rings is 1. The molecule has 0 bridgehead atoms. The molecule has 2 heterocycles. The molecule has 0 N–H and O–H groups in total. The summed E-state index contributed by atoms with van der Waals surface area (Å²) in [5.74, 6) is 0.895. The number of aryl methyl sites for hydroxylation is 1. The van der Waals surface area contributed by atoms with E-state index >= 15 is 0 Å². The fourth-order valence-corrected chi connectivity index (χ4v) is 2.14. The first-order valence-corrected chi connectivity index (χ1v) is 6.42. The van der Waals surface area contributed by atoms with Crippen molar-refractivity contribution in [2.24, 2.45) is 0 Å². The highest BCUT2D eigenvalue weighted by atomic mass is 35.5. The average molecular weight is 273 g/mol. The van der Waals surface area contributed by atoms with Crippen LogP contribution in [0.2, 0.25) is 5.02 Å². The molecule has 0 aliphatic heterocycles. The van der Waals surface area contributed by atoms with E-state index in [1.807, 2.05) is 60.1 Å². The highest BCUT2D eigenvalue weighted by Gasteiger charge is 2.05. The molecule has 0 radical (unpaired) electrons. The minimum atomic E-state index is 0.480. The molecule has 0 aliphatic rings. The predicted octanol–water partition coefficient (Wildman–Crippen LogP) is 3.88. The van der Waals surface area contributed by atoms with Crippen LogP contribution in [0.4, 0.5) is 0 Å². The Kier molecular flexibility index (Phi) is 3.13. The van der Waals surface area contributed by atoms with E-state index in [4.69, 9.17) is 16.3 Å². The van der Waals surface area contributed by atoms with Crippen LogP contribution in [0, 0.1) is 6.92 Å². The summed E-state index contributed by atoms with van der Waals surface area (Å²) >= 11 is 5.94. The smallest absolute Gasteiger partial charge is 0.138 e. The first-order valence-electron chi connectivity index (χ1n) is 6.04. The normalized spacial score (nSPS) is 10.8. The lowest BCUT2D eigenvalue weighted by Crippen LogP contribution is -2.00. The van der Waals surface area contributed by atoms with Gasteiger partial charge in [0, 0.05) is 11.2 Å². The Labute approximate surface area is 116 Å². The lowest BCUT2D eigenvalue weighted by Gasteiger charge is -2.08. The summed E-state index contributed by atoms with van der Waals surface area (Å²) in [5.41, 5.74) is 2.95. The van der Waals surface area contributed by atoms with E-state index in [-0.39, 0.29) is 0 Å². The minimum Gasteiger partial charge on any atom is -0.487 e. The summed E-state index contributed by atoms with van der Waals surface area (Å²) in [5, 5.41) is 0.685. The van der Waals surface area contributed by atoms with Crippen molar-refractivity contribution in [1.29, 1.82) is 0 Å². The van der Waals surface area contributed by atoms with Crippen molar-refractivity contribution < 1.29 is 4.74 Å². The number of aromatic nitrogens is 2. The third-order valence-electron chi connectivity index (χ3n) is 3.02. The Bertz CT molecular complexity index is 721. The number of rotatable bonds is 3. The zero-order valence-electron chi connectivity index (χ0n) is 10.5. The summed E-state index contributed by atoms with van der Waals surface area (Å²) in [6, 6.07) is 11.6. The van der Waals surface area contributed by atoms with Gasteiger partial charge in [-0.15, -0.1) is 0 Å². The van der Waals surface area contributed by atoms with Gasteiger partial charge in [-0.25, -0.2) is 4.98 Å². The molecule has 0 amide bonds. The highest BCUT2D eigenvalue weighted by Crippen LogP contribution is 2.19. The maximum atomic E-state index is 5.94. The van der Waals surface area contributed by atoms with E-state index in [1.165, 1.54) is 0 Å². The monoisotopic (exact) mass is 272 g/mol. The molecule has 1 aromatic carbocycles. The van der Waals surface area contributed by atoms with Crippen LogP contribution in [0.1, 0.15) is 11.3 Å². The van der Waals surface area contributed by atoms with Crippen LogP contribution in [0.3, 0.4) is 0 Å². The van der Waals surface area contributed by atoms with Gasteiger partial charge in [0.15, 0.2) is 0 Å². The molecule has 0 saturated heterocycles. The van der Waals surface area contributed by atoms with Gasteiger partial charge in [0.2, 0.25) is 0 Å². The number of benzene rings is 1. The fraction of sp³-hybridized carbons (Fsp3) is 0.133. The quantitative estimate of drug-likeness (QED) is 0.723. The van der Waals surface area contributed by atoms with E-state index in [9.17, 15) is 0 Å². The Balaban J connectivity index is 1.84. The van der Waals surface area contributed by atoms with Crippen molar-refractivity contribution in [2.45, 2.75) is 13.5 Å². The van der Waals surface area contributed by atoms with Crippen LogP contribution in [-0.2, 0) is 6.61 Å². The highest BCUT2D eigenvalue weighted by molar-refractivity contribution is 6.30. The van der Waals surface area contributed by atoms with Gasteiger partial charge >= 0.3 is 0 Å². The van der Waals surface area contributed by atoms with E-state index in [1.54, 1.807) is 0 Å². The zero-order chi connectivity index (χ0) is 13.2. The molecule has 3 nitrogen and oxygen atoms in total. The van der Waals surface area contributed by atoms with Crippen molar-refractivity contribution in [3.05, 3.63) is 65.1 Å². The van der Waals surface area contributed by atoms with Gasteiger partial charge in [0.05, 0.1) is 11.9 Å². The Morgan fingerprint density at radius 3 is 2.95 bits per heavy atom. The molecule has 96 valence electrons. The number of para-hydroxylation sites is 1. The number of ether oxygens (including phenoxy) is 1. The topological polar surface area (TPSA) is 26.5 Å². The standard InChI is InChI=1S/C15H13ClN2O/c1-11-4-2-3-5-14(11)19-10-13-9-17-15-8-12(16)6-7-18(13)15/h2-9H,10H2,1H3. The molecule has 0 saturated carbocycles. The van der Waals surface area contributed by atoms with E-state index in [2.05, 4.69) is 4.98 Å². The van der Waals surface area contributed by atoms with Crippen LogP contribution < -0.4 is 4.74 Å². The Morgan fingerprint density at radius 2 is 2.11 bits per heavy atom. The van der Waals surface area contributed by atoms with Gasteiger partial charge in [0.25, 0.3) is 0 Å². The molecule has 0 atom stereocenters. The van der Waals surface area contributed by atoms with Gasteiger partial charge in [-0.2, -0.15) is 0 Å². The fourth-order valence-electron chi connectivity index (χ4n) is 1.99. The molecule has 3 rings (SSSR count). The second-order valence-electron chi connectivity index (χ2n) is 4.38. The van der Waals surface area contributed by atoms with Gasteiger partial charge < -0.3 is 9.14 Å². The van der Waals surface area contributed by atoms with Crippen LogP contribution in [0.5, 0.6) is 5.75 Å². The van der Waals surface area contributed by atoms with Gasteiger partial charge in [0.1, 0.15) is 18.0 Å². The molecule has 19 heavy (non-hydrogen) atoms. The number of imidazole rings is 1. The summed E-state index contributed by atoms with van der Waals surface area (Å²) in [6.07, 6.45) is 3.71. The number of hydrogen-bond donors (Lipinski definition) is 0. The van der Waals surface area contributed by atoms with Crippen molar-refractivity contribution in [1.82, 2.24) is 9.38 Å². The van der Waals surface area contributed by atoms with Crippen LogP contribution in [0.25, 0.3) is 5.65 Å². The van der Waals surface area contributed by atoms with Crippen LogP contribution >= 0.6 is 11.6 Å². The van der Waals surface area contributed by atoms with E-state index in [0.29, 0.717) is 11.6 Å². The number of fused-ring (bicyclic) bond motifs is 1. The van der Waals surface area contributed by atoms with Crippen molar-refractivity contribution in [3.63, 3.8) is 0 Å². The number of halogens is 1. The van der Waals surface area contributed by atoms with Gasteiger partial charge in [-0.1, -0.05) is 29.8 Å². The SMILES string of the molecule is Cc1ccccc1OCc1cnc2cc(Cl)ccn12. The van der Waals surface area contributed by atoms with Crippen molar-refractivity contribution >= 4 is 17.2 Å². The molecule has 0 unspecified atom stereocenters. The lowest BCUT2D eigenvalue weighted by atomic mass is 10.2. The first kappa shape index (κ1) is 12.1. The molecule has 3 aromatic rings. The molecular weight excluding hydrogens is 260 g/mol. The summed E-state index contributed by atoms with van der Waals surface area (Å²) in [7, 11) is 0. The third kappa shape index (κ3) is 2.42. The largest absolute Gasteiger partial charge is 0.487 e. The molecule has 4 heteroatoms. The predicted molar refractivity (Wildman–Crippen MR) is 75.7 cm³/mol. The Hall–Kier alpha value is -2.00. The van der Waals surface area contributed by atoms with E-state index < -0.39 is 0 Å². The summed E-state index contributed by atoms with van der Waals surface area (Å²) < 4.78 is 7.80. The maximum Gasteiger partial charge on any atom is 0.138 e. The molecule has 0 aliphatic carbocycles. The average Bonchev–Trinajstić information content (AvgIpc) is 2.80. The second-order valence-corrected chi connectivity index (χ2v) is 4.81. The molecule has 2 aromatic heterocycles. The molecular formula is C15H13ClN2O. The molecule has 0 fully saturated rings. The Morgan fingerprint density at radius 1 is 1.26 bits per heavy atom. The second kappa shape index (κ2) is 4.94. The summed E-state index contributed by atoms with van der Waals surface area (Å²) in [6.45, 7) is 2.51. The molecule has 0 spiro atoms. The summed E-state index contributed by atoms with van der Waals surface area (Å²) in [4.78, 5) is 4.31. The van der Waals surface area contributed by atoms with Crippen molar-refractivity contribution in [2.75, 3.05) is 0 Å². The van der Waals surface area contributed by atoms with E-state index in [0.717, 1.165) is 22.7 Å². The van der Waals surface area contributed by atoms with Crippen molar-refractivity contribution in [3.8, 4) is 5.75 Å². The first-order chi connectivity index (χ1) is 9.24. The lowest BCUT2D eigenvalue weighted by molar-refractivity contribution is 0.298. The van der Waals surface area contributed by atoms with Gasteiger partial charge in [-0.05, 0) is 30.7 Å². The van der Waals surface area contributed by atoms with Gasteiger partial charge in [-0.3, -0.25) is 0 Å². The minimum absolute atomic E-state index is 0.480. The van der Waals surface area contributed by atoms with Crippen LogP contribution in [-0.4, -0.2) is 9.38 Å². The maximum absolute atomic E-state index is 5.94. The zero-order valence-corrected chi connectivity index (χ0v) is 11.3. The third-order valence-corrected chi connectivity index (χ3v) is 3.26. The number of hydrogen-bond acceptors (Lipinski definition) is 2. The van der Waals surface area contributed by atoms with Crippen LogP contribution in [0.15, 0.2) is 48.8 Å².